The van der Waals surface area contributed by atoms with E-state index in [4.69, 9.17) is 10.00 Å². The molecule has 3 nitrogen and oxygen atoms in total. The lowest BCUT2D eigenvalue weighted by Gasteiger charge is -2.01. The fourth-order valence-electron chi connectivity index (χ4n) is 0.895. The summed E-state index contributed by atoms with van der Waals surface area (Å²) in [6.45, 7) is 3.61. The van der Waals surface area contributed by atoms with Gasteiger partial charge in [-0.15, -0.1) is 0 Å². The quantitative estimate of drug-likeness (QED) is 0.629. The van der Waals surface area contributed by atoms with Crippen molar-refractivity contribution in [1.29, 1.82) is 5.26 Å². The Kier molecular flexibility index (Phi) is 3.45. The molecule has 0 saturated heterocycles. The van der Waals surface area contributed by atoms with Gasteiger partial charge in [0.2, 0.25) is 5.90 Å². The molecule has 0 amide bonds. The van der Waals surface area contributed by atoms with Crippen LogP contribution in [0.15, 0.2) is 53.2 Å². The summed E-state index contributed by atoms with van der Waals surface area (Å²) < 4.78 is 4.99. The van der Waals surface area contributed by atoms with E-state index in [0.717, 1.165) is 0 Å². The highest BCUT2D eigenvalue weighted by molar-refractivity contribution is 5.89. The number of hydrogen-bond donors (Lipinski definition) is 0. The van der Waals surface area contributed by atoms with E-state index in [1.807, 2.05) is 6.07 Å². The lowest BCUT2D eigenvalue weighted by atomic mass is 10.2. The molecule has 0 aromatic rings. The van der Waals surface area contributed by atoms with Crippen molar-refractivity contribution in [2.24, 2.45) is 4.99 Å². The minimum atomic E-state index is 0.456. The second-order valence-electron chi connectivity index (χ2n) is 2.52. The first kappa shape index (κ1) is 10.0. The van der Waals surface area contributed by atoms with Gasteiger partial charge in [-0.2, -0.15) is 5.26 Å². The normalized spacial score (nSPS) is 15.3. The van der Waals surface area contributed by atoms with Gasteiger partial charge >= 0.3 is 0 Å². The molecule has 0 bridgehead atoms. The molecule has 0 fully saturated rings. The lowest BCUT2D eigenvalue weighted by molar-refractivity contribution is 0.406. The zero-order valence-electron chi connectivity index (χ0n) is 7.90. The molecule has 0 spiro atoms. The van der Waals surface area contributed by atoms with Gasteiger partial charge in [-0.1, -0.05) is 6.58 Å². The third-order valence-electron chi connectivity index (χ3n) is 1.63. The molecule has 70 valence electrons. The van der Waals surface area contributed by atoms with Crippen LogP contribution < -0.4 is 0 Å². The first-order chi connectivity index (χ1) is 6.80. The summed E-state index contributed by atoms with van der Waals surface area (Å²) >= 11 is 0. The Morgan fingerprint density at radius 2 is 2.29 bits per heavy atom. The predicted molar refractivity (Wildman–Crippen MR) is 55.6 cm³/mol. The van der Waals surface area contributed by atoms with Gasteiger partial charge < -0.3 is 4.74 Å². The Balaban J connectivity index is 3.10. The third-order valence-corrected chi connectivity index (χ3v) is 1.63. The van der Waals surface area contributed by atoms with Crippen molar-refractivity contribution < 1.29 is 4.74 Å². The highest BCUT2D eigenvalue weighted by Crippen LogP contribution is 2.07. The summed E-state index contributed by atoms with van der Waals surface area (Å²) in [5.41, 5.74) is 1.22. The first-order valence-electron chi connectivity index (χ1n) is 4.05. The number of methoxy groups -OCH3 is 1. The van der Waals surface area contributed by atoms with E-state index >= 15 is 0 Å². The van der Waals surface area contributed by atoms with Crippen LogP contribution in [0.3, 0.4) is 0 Å². The molecule has 0 aromatic heterocycles. The standard InChI is InChI=1S/C11H10N2O/c1-3-10-6-4-9(8-12)5-7-11(13-10)14-2/h3-7H,1H2,2H3. The number of nitriles is 1. The van der Waals surface area contributed by atoms with E-state index in [2.05, 4.69) is 11.6 Å². The molecule has 0 unspecified atom stereocenters. The van der Waals surface area contributed by atoms with E-state index in [-0.39, 0.29) is 0 Å². The summed E-state index contributed by atoms with van der Waals surface area (Å²) in [7, 11) is 1.53. The molecular formula is C11H10N2O. The number of rotatable bonds is 1. The molecule has 0 saturated carbocycles. The summed E-state index contributed by atoms with van der Waals surface area (Å²) in [5.74, 6) is 0.456. The summed E-state index contributed by atoms with van der Waals surface area (Å²) in [4.78, 5) is 4.14. The number of aliphatic imine (C=N–C) groups is 1. The Morgan fingerprint density at radius 3 is 2.86 bits per heavy atom. The van der Waals surface area contributed by atoms with Gasteiger partial charge in [0.1, 0.15) is 0 Å². The second kappa shape index (κ2) is 4.83. The summed E-state index contributed by atoms with van der Waals surface area (Å²) in [6.07, 6.45) is 8.30. The van der Waals surface area contributed by atoms with Crippen molar-refractivity contribution in [2.45, 2.75) is 0 Å². The topological polar surface area (TPSA) is 45.4 Å². The largest absolute Gasteiger partial charge is 0.481 e. The average Bonchev–Trinajstić information content (AvgIpc) is 2.19. The Hall–Kier alpha value is -2.08. The SMILES string of the molecule is C=CC1=CC=C(C#N)C=CC(OC)=N1. The fourth-order valence-corrected chi connectivity index (χ4v) is 0.895. The molecule has 1 rings (SSSR count). The smallest absolute Gasteiger partial charge is 0.213 e. The van der Waals surface area contributed by atoms with Crippen molar-refractivity contribution in [3.63, 3.8) is 0 Å². The molecule has 0 aromatic carbocycles. The van der Waals surface area contributed by atoms with Gasteiger partial charge in [0.05, 0.1) is 24.4 Å². The van der Waals surface area contributed by atoms with E-state index in [1.165, 1.54) is 7.11 Å². The Labute approximate surface area is 83.0 Å². The van der Waals surface area contributed by atoms with Gasteiger partial charge in [0.15, 0.2) is 0 Å². The van der Waals surface area contributed by atoms with E-state index < -0.39 is 0 Å². The van der Waals surface area contributed by atoms with Crippen LogP contribution in [0.25, 0.3) is 0 Å². The summed E-state index contributed by atoms with van der Waals surface area (Å²) in [6, 6.07) is 2.05. The van der Waals surface area contributed by atoms with Crippen molar-refractivity contribution in [1.82, 2.24) is 0 Å². The maximum absolute atomic E-state index is 8.72. The maximum atomic E-state index is 8.72. The minimum absolute atomic E-state index is 0.456. The number of nitrogens with zero attached hydrogens (tertiary/aromatic N) is 2. The predicted octanol–water partition coefficient (Wildman–Crippen LogP) is 2.12. The van der Waals surface area contributed by atoms with Crippen LogP contribution >= 0.6 is 0 Å². The van der Waals surface area contributed by atoms with Gasteiger partial charge in [-0.05, 0) is 24.3 Å². The minimum Gasteiger partial charge on any atom is -0.481 e. The highest BCUT2D eigenvalue weighted by Gasteiger charge is 1.98. The van der Waals surface area contributed by atoms with Crippen LogP contribution in [0.1, 0.15) is 0 Å². The monoisotopic (exact) mass is 186 g/mol. The molecule has 14 heavy (non-hydrogen) atoms. The number of hydrogen-bond acceptors (Lipinski definition) is 3. The van der Waals surface area contributed by atoms with Crippen molar-refractivity contribution in [2.75, 3.05) is 7.11 Å². The van der Waals surface area contributed by atoms with Crippen molar-refractivity contribution >= 4 is 5.90 Å². The molecule has 0 aliphatic carbocycles. The Morgan fingerprint density at radius 1 is 1.50 bits per heavy atom. The van der Waals surface area contributed by atoms with Crippen LogP contribution in [0, 0.1) is 11.3 Å². The second-order valence-corrected chi connectivity index (χ2v) is 2.52. The molecule has 1 aliphatic heterocycles. The van der Waals surface area contributed by atoms with Crippen LogP contribution in [0.4, 0.5) is 0 Å². The van der Waals surface area contributed by atoms with Crippen LogP contribution in [0.2, 0.25) is 0 Å². The van der Waals surface area contributed by atoms with Crippen molar-refractivity contribution in [3.8, 4) is 6.07 Å². The molecule has 1 aliphatic rings. The molecule has 0 N–H and O–H groups in total. The van der Waals surface area contributed by atoms with Gasteiger partial charge in [-0.25, -0.2) is 4.99 Å². The van der Waals surface area contributed by atoms with Gasteiger partial charge in [0.25, 0.3) is 0 Å². The lowest BCUT2D eigenvalue weighted by Crippen LogP contribution is -1.98. The van der Waals surface area contributed by atoms with Gasteiger partial charge in [0, 0.05) is 6.08 Å². The van der Waals surface area contributed by atoms with E-state index in [0.29, 0.717) is 17.2 Å². The highest BCUT2D eigenvalue weighted by atomic mass is 16.5. The average molecular weight is 186 g/mol. The maximum Gasteiger partial charge on any atom is 0.213 e. The van der Waals surface area contributed by atoms with E-state index in [1.54, 1.807) is 30.4 Å². The Bertz CT molecular complexity index is 392. The van der Waals surface area contributed by atoms with Crippen LogP contribution in [-0.2, 0) is 4.74 Å². The molecule has 0 atom stereocenters. The van der Waals surface area contributed by atoms with E-state index in [9.17, 15) is 0 Å². The van der Waals surface area contributed by atoms with Crippen molar-refractivity contribution in [3.05, 3.63) is 48.2 Å². The number of allylic oxidation sites excluding steroid dienone is 5. The molecule has 1 heterocycles. The molecule has 0 radical (unpaired) electrons. The summed E-state index contributed by atoms with van der Waals surface area (Å²) in [5, 5.41) is 8.72. The zero-order valence-corrected chi connectivity index (χ0v) is 7.90. The van der Waals surface area contributed by atoms with Crippen LogP contribution in [-0.4, -0.2) is 13.0 Å². The zero-order chi connectivity index (χ0) is 10.4. The van der Waals surface area contributed by atoms with Crippen LogP contribution in [0.5, 0.6) is 0 Å². The first-order valence-corrected chi connectivity index (χ1v) is 4.05. The molecule has 3 heteroatoms. The fraction of sp³-hybridized carbons (Fsp3) is 0.0909. The third kappa shape index (κ3) is 2.46. The number of ether oxygens (including phenoxy) is 1. The molecular weight excluding hydrogens is 176 g/mol. The van der Waals surface area contributed by atoms with Gasteiger partial charge in [-0.3, -0.25) is 0 Å².